The lowest BCUT2D eigenvalue weighted by molar-refractivity contribution is -0.130. The molecule has 5 N–H and O–H groups in total. The summed E-state index contributed by atoms with van der Waals surface area (Å²) in [7, 11) is 0. The third-order valence-electron chi connectivity index (χ3n) is 7.55. The number of amides is 1. The fourth-order valence-corrected chi connectivity index (χ4v) is 5.98. The Hall–Kier alpha value is -3.43. The van der Waals surface area contributed by atoms with Gasteiger partial charge in [0.1, 0.15) is 11.3 Å². The monoisotopic (exact) mass is 450 g/mol. The molecular formula is C24H22N2O7. The number of carbonyl (C=O) groups excluding carboxylic acids is 3. The lowest BCUT2D eigenvalue weighted by Gasteiger charge is -2.44. The predicted octanol–water partition coefficient (Wildman–Crippen LogP) is 0.720. The number of ether oxygens (including phenoxy) is 1. The molecule has 9 heteroatoms. The Morgan fingerprint density at radius 2 is 1.91 bits per heavy atom. The zero-order chi connectivity index (χ0) is 23.2. The Labute approximate surface area is 188 Å². The molecule has 0 aromatic heterocycles. The average molecular weight is 450 g/mol. The normalized spacial score (nSPS) is 31.2. The first-order valence-corrected chi connectivity index (χ1v) is 11.0. The van der Waals surface area contributed by atoms with E-state index >= 15 is 0 Å². The SMILES string of the molecule is NC(=O)C1=C(O)[C@@]23OC2=C2C(=O)c4c(O)cccc4C=C2C[C@H]3C(N2CCC(O)CC2)C1=O. The summed E-state index contributed by atoms with van der Waals surface area (Å²) < 4.78 is 5.94. The lowest BCUT2D eigenvalue weighted by Crippen LogP contribution is -2.59. The van der Waals surface area contributed by atoms with Crippen molar-refractivity contribution in [2.45, 2.75) is 37.0 Å². The van der Waals surface area contributed by atoms with E-state index in [1.54, 1.807) is 18.2 Å². The fourth-order valence-electron chi connectivity index (χ4n) is 5.98. The summed E-state index contributed by atoms with van der Waals surface area (Å²) in [5.74, 6) is -3.10. The summed E-state index contributed by atoms with van der Waals surface area (Å²) in [4.78, 5) is 40.9. The number of aromatic hydroxyl groups is 1. The highest BCUT2D eigenvalue weighted by Crippen LogP contribution is 2.64. The number of carbonyl (C=O) groups is 3. The highest BCUT2D eigenvalue weighted by Gasteiger charge is 2.73. The molecule has 170 valence electrons. The van der Waals surface area contributed by atoms with Gasteiger partial charge in [-0.3, -0.25) is 19.3 Å². The molecule has 3 aliphatic carbocycles. The van der Waals surface area contributed by atoms with Gasteiger partial charge in [0.15, 0.2) is 17.3 Å². The summed E-state index contributed by atoms with van der Waals surface area (Å²) >= 11 is 0. The second kappa shape index (κ2) is 6.55. The maximum Gasteiger partial charge on any atom is 0.255 e. The molecule has 0 bridgehead atoms. The Morgan fingerprint density at radius 1 is 1.18 bits per heavy atom. The van der Waals surface area contributed by atoms with Gasteiger partial charge in [-0.15, -0.1) is 0 Å². The van der Waals surface area contributed by atoms with Gasteiger partial charge in [0.25, 0.3) is 5.91 Å². The molecule has 33 heavy (non-hydrogen) atoms. The summed E-state index contributed by atoms with van der Waals surface area (Å²) in [6, 6.07) is 4.02. The molecule has 9 nitrogen and oxygen atoms in total. The van der Waals surface area contributed by atoms with E-state index in [1.807, 2.05) is 4.90 Å². The average Bonchev–Trinajstić information content (AvgIpc) is 3.51. The van der Waals surface area contributed by atoms with Crippen molar-refractivity contribution in [1.29, 1.82) is 0 Å². The number of phenolic OH excluding ortho intramolecular Hbond substituents is 1. The van der Waals surface area contributed by atoms with E-state index in [2.05, 4.69) is 0 Å². The Morgan fingerprint density at radius 3 is 2.61 bits per heavy atom. The molecule has 1 aromatic rings. The topological polar surface area (TPSA) is 154 Å². The number of benzene rings is 1. The van der Waals surface area contributed by atoms with Crippen LogP contribution in [0.3, 0.4) is 0 Å². The minimum atomic E-state index is -1.47. The van der Waals surface area contributed by atoms with Crippen LogP contribution in [0.25, 0.3) is 6.08 Å². The number of Topliss-reactive ketones (excluding diaryl/α,β-unsaturated/α-hetero) is 2. The van der Waals surface area contributed by atoms with Gasteiger partial charge in [-0.05, 0) is 42.5 Å². The number of aliphatic hydroxyl groups excluding tert-OH is 2. The van der Waals surface area contributed by atoms with Crippen LogP contribution in [-0.2, 0) is 14.3 Å². The molecular weight excluding hydrogens is 428 g/mol. The first-order valence-electron chi connectivity index (χ1n) is 11.0. The number of likely N-dealkylation sites (tertiary alicyclic amines) is 1. The minimum Gasteiger partial charge on any atom is -0.507 e. The first-order chi connectivity index (χ1) is 15.8. The van der Waals surface area contributed by atoms with Crippen molar-refractivity contribution in [2.75, 3.05) is 13.1 Å². The first kappa shape index (κ1) is 20.2. The molecule has 0 radical (unpaired) electrons. The van der Waals surface area contributed by atoms with E-state index in [0.29, 0.717) is 37.1 Å². The summed E-state index contributed by atoms with van der Waals surface area (Å²) in [6.07, 6.45) is 2.56. The van der Waals surface area contributed by atoms with Crippen molar-refractivity contribution in [2.24, 2.45) is 11.7 Å². The van der Waals surface area contributed by atoms with E-state index in [-0.39, 0.29) is 29.1 Å². The Bertz CT molecular complexity index is 1250. The second-order valence-electron chi connectivity index (χ2n) is 9.26. The molecule has 1 spiro atoms. The summed E-state index contributed by atoms with van der Waals surface area (Å²) in [5.41, 5.74) is 5.15. The van der Waals surface area contributed by atoms with Gasteiger partial charge in [0, 0.05) is 19.0 Å². The summed E-state index contributed by atoms with van der Waals surface area (Å²) in [6.45, 7) is 0.884. The van der Waals surface area contributed by atoms with Gasteiger partial charge >= 0.3 is 0 Å². The van der Waals surface area contributed by atoms with Crippen LogP contribution in [0.2, 0.25) is 0 Å². The second-order valence-corrected chi connectivity index (χ2v) is 9.26. The van der Waals surface area contributed by atoms with Gasteiger partial charge in [0.2, 0.25) is 11.4 Å². The zero-order valence-corrected chi connectivity index (χ0v) is 17.6. The molecule has 5 aliphatic rings. The van der Waals surface area contributed by atoms with Crippen LogP contribution in [-0.4, -0.2) is 68.5 Å². The van der Waals surface area contributed by atoms with E-state index in [0.717, 1.165) is 0 Å². The van der Waals surface area contributed by atoms with Gasteiger partial charge in [-0.2, -0.15) is 0 Å². The van der Waals surface area contributed by atoms with Gasteiger partial charge in [-0.1, -0.05) is 12.1 Å². The van der Waals surface area contributed by atoms with Crippen LogP contribution in [0, 0.1) is 5.92 Å². The maximum atomic E-state index is 13.4. The number of allylic oxidation sites excluding steroid dienone is 2. The molecule has 1 aromatic carbocycles. The maximum absolute atomic E-state index is 13.4. The lowest BCUT2D eigenvalue weighted by atomic mass is 9.64. The van der Waals surface area contributed by atoms with Crippen LogP contribution in [0.4, 0.5) is 0 Å². The highest BCUT2D eigenvalue weighted by molar-refractivity contribution is 6.23. The number of piperidine rings is 1. The largest absolute Gasteiger partial charge is 0.507 e. The van der Waals surface area contributed by atoms with Crippen LogP contribution in [0.5, 0.6) is 5.75 Å². The Balaban J connectivity index is 1.54. The van der Waals surface area contributed by atoms with Crippen molar-refractivity contribution in [3.8, 4) is 5.75 Å². The fraction of sp³-hybridized carbons (Fsp3) is 0.375. The smallest absolute Gasteiger partial charge is 0.255 e. The molecule has 6 rings (SSSR count). The van der Waals surface area contributed by atoms with Crippen LogP contribution >= 0.6 is 0 Å². The molecule has 2 heterocycles. The van der Waals surface area contributed by atoms with Crippen molar-refractivity contribution < 1.29 is 34.4 Å². The van der Waals surface area contributed by atoms with E-state index in [1.165, 1.54) is 6.07 Å². The number of aliphatic hydroxyl groups is 2. The van der Waals surface area contributed by atoms with Crippen molar-refractivity contribution in [3.63, 3.8) is 0 Å². The number of rotatable bonds is 2. The van der Waals surface area contributed by atoms with E-state index in [9.17, 15) is 29.7 Å². The third kappa shape index (κ3) is 2.51. The standard InChI is InChI=1S/C24H22N2O7/c25-23(32)17-20(30)18(26-6-4-12(27)5-7-26)13-9-11-8-10-2-1-3-14(28)15(10)19(29)16(11)22-24(13,33-22)21(17)31/h1-3,8,12-13,18,27-28,31H,4-7,9H2,(H2,25,32)/t13-,18?,24+/m0/s1. The van der Waals surface area contributed by atoms with E-state index in [4.69, 9.17) is 10.5 Å². The zero-order valence-electron chi connectivity index (χ0n) is 17.6. The van der Waals surface area contributed by atoms with Gasteiger partial charge < -0.3 is 25.8 Å². The van der Waals surface area contributed by atoms with Crippen molar-refractivity contribution >= 4 is 23.5 Å². The number of phenols is 1. The number of hydrogen-bond donors (Lipinski definition) is 4. The van der Waals surface area contributed by atoms with Crippen molar-refractivity contribution in [1.82, 2.24) is 4.90 Å². The van der Waals surface area contributed by atoms with Gasteiger partial charge in [-0.25, -0.2) is 0 Å². The number of nitrogens with zero attached hydrogens (tertiary/aromatic N) is 1. The number of ketones is 2. The molecule has 3 atom stereocenters. The number of fused-ring (bicyclic) bond motifs is 2. The van der Waals surface area contributed by atoms with Crippen LogP contribution in [0.15, 0.2) is 46.4 Å². The van der Waals surface area contributed by atoms with Crippen LogP contribution in [0.1, 0.15) is 35.2 Å². The molecule has 1 unspecified atom stereocenters. The summed E-state index contributed by atoms with van der Waals surface area (Å²) in [5, 5.41) is 31.3. The Kier molecular flexibility index (Phi) is 4.01. The van der Waals surface area contributed by atoms with Crippen LogP contribution < -0.4 is 5.73 Å². The third-order valence-corrected chi connectivity index (χ3v) is 7.55. The number of epoxide rings is 1. The quantitative estimate of drug-likeness (QED) is 0.380. The van der Waals surface area contributed by atoms with Gasteiger partial charge in [0.05, 0.1) is 23.3 Å². The number of nitrogens with two attached hydrogens (primary N) is 1. The van der Waals surface area contributed by atoms with E-state index < -0.39 is 52.5 Å². The van der Waals surface area contributed by atoms with Crippen molar-refractivity contribution in [3.05, 3.63) is 57.6 Å². The highest BCUT2D eigenvalue weighted by atomic mass is 16.6. The minimum absolute atomic E-state index is 0.153. The number of primary amides is 1. The molecule has 0 saturated carbocycles. The molecule has 1 amide bonds. The molecule has 2 aliphatic heterocycles. The molecule has 2 saturated heterocycles. The molecule has 2 fully saturated rings. The predicted molar refractivity (Wildman–Crippen MR) is 114 cm³/mol. The number of hydrogen-bond acceptors (Lipinski definition) is 8.